The van der Waals surface area contributed by atoms with Crippen LogP contribution < -0.4 is 10.2 Å². The maximum atomic E-state index is 11.9. The maximum absolute atomic E-state index is 11.9. The zero-order valence-electron chi connectivity index (χ0n) is 12.4. The van der Waals surface area contributed by atoms with Gasteiger partial charge in [-0.1, -0.05) is 19.9 Å². The van der Waals surface area contributed by atoms with Crippen molar-refractivity contribution < 1.29 is 19.5 Å². The van der Waals surface area contributed by atoms with Gasteiger partial charge >= 0.3 is 0 Å². The molecule has 0 aromatic heterocycles. The van der Waals surface area contributed by atoms with E-state index in [1.54, 1.807) is 35.5 Å². The molecule has 2 N–H and O–H groups in total. The Bertz CT molecular complexity index is 557. The Hall–Kier alpha value is -2.08. The first-order chi connectivity index (χ1) is 9.93. The first-order valence-corrected chi connectivity index (χ1v) is 6.91. The summed E-state index contributed by atoms with van der Waals surface area (Å²) >= 11 is 0. The van der Waals surface area contributed by atoms with Gasteiger partial charge in [-0.15, -0.1) is 0 Å². The summed E-state index contributed by atoms with van der Waals surface area (Å²) in [5.41, 5.74) is 2.76. The van der Waals surface area contributed by atoms with E-state index in [2.05, 4.69) is 0 Å². The lowest BCUT2D eigenvalue weighted by Crippen LogP contribution is -2.43. The molecular formula is C15H20N2O4. The van der Waals surface area contributed by atoms with Crippen LogP contribution in [0.2, 0.25) is 0 Å². The predicted molar refractivity (Wildman–Crippen MR) is 76.0 cm³/mol. The van der Waals surface area contributed by atoms with Gasteiger partial charge in [0.05, 0.1) is 6.04 Å². The highest BCUT2D eigenvalue weighted by molar-refractivity contribution is 5.93. The second-order valence-corrected chi connectivity index (χ2v) is 5.53. The molecule has 1 atom stereocenters. The maximum Gasteiger partial charge on any atom is 0.274 e. The lowest BCUT2D eigenvalue weighted by molar-refractivity contribution is -0.133. The van der Waals surface area contributed by atoms with E-state index in [9.17, 15) is 9.59 Å². The molecule has 1 aromatic rings. The molecule has 21 heavy (non-hydrogen) atoms. The molecule has 0 spiro atoms. The minimum atomic E-state index is -0.588. The van der Waals surface area contributed by atoms with Gasteiger partial charge in [0.15, 0.2) is 0 Å². The van der Waals surface area contributed by atoms with Crippen LogP contribution >= 0.6 is 0 Å². The van der Waals surface area contributed by atoms with Crippen molar-refractivity contribution in [1.29, 1.82) is 0 Å². The van der Waals surface area contributed by atoms with Crippen LogP contribution in [0.15, 0.2) is 18.2 Å². The van der Waals surface area contributed by atoms with E-state index >= 15 is 0 Å². The first kappa shape index (κ1) is 15.3. The predicted octanol–water partition coefficient (Wildman–Crippen LogP) is 1.57. The molecule has 6 heteroatoms. The summed E-state index contributed by atoms with van der Waals surface area (Å²) in [6.07, 6.45) is 0. The molecule has 2 rings (SSSR count). The zero-order chi connectivity index (χ0) is 15.6. The van der Waals surface area contributed by atoms with E-state index in [4.69, 9.17) is 9.94 Å². The van der Waals surface area contributed by atoms with Crippen molar-refractivity contribution in [1.82, 2.24) is 10.4 Å². The Kier molecular flexibility index (Phi) is 4.47. The molecule has 114 valence electrons. The van der Waals surface area contributed by atoms with E-state index < -0.39 is 5.91 Å². The summed E-state index contributed by atoms with van der Waals surface area (Å²) in [5.74, 6) is 0.255. The van der Waals surface area contributed by atoms with Gasteiger partial charge in [-0.3, -0.25) is 14.8 Å². The Morgan fingerprint density at radius 1 is 1.43 bits per heavy atom. The van der Waals surface area contributed by atoms with Gasteiger partial charge in [0, 0.05) is 24.6 Å². The molecule has 0 fully saturated rings. The van der Waals surface area contributed by atoms with Crippen molar-refractivity contribution in [3.05, 3.63) is 29.3 Å². The van der Waals surface area contributed by atoms with Gasteiger partial charge in [-0.25, -0.2) is 5.48 Å². The van der Waals surface area contributed by atoms with E-state index in [0.717, 1.165) is 5.56 Å². The number of rotatable bonds is 2. The topological polar surface area (TPSA) is 78.9 Å². The van der Waals surface area contributed by atoms with Crippen molar-refractivity contribution in [2.75, 3.05) is 6.61 Å². The van der Waals surface area contributed by atoms with Crippen molar-refractivity contribution in [3.63, 3.8) is 0 Å². The van der Waals surface area contributed by atoms with Crippen LogP contribution in [-0.4, -0.2) is 34.6 Å². The zero-order valence-corrected chi connectivity index (χ0v) is 12.4. The Morgan fingerprint density at radius 3 is 2.71 bits per heavy atom. The highest BCUT2D eigenvalue weighted by atomic mass is 16.5. The number of carbonyl (C=O) groups is 2. The molecule has 0 bridgehead atoms. The van der Waals surface area contributed by atoms with Crippen LogP contribution in [0.5, 0.6) is 5.75 Å². The van der Waals surface area contributed by atoms with E-state index in [0.29, 0.717) is 24.5 Å². The van der Waals surface area contributed by atoms with Gasteiger partial charge in [0.2, 0.25) is 5.91 Å². The lowest BCUT2D eigenvalue weighted by atomic mass is 10.0. The number of nitrogens with one attached hydrogen (secondary N) is 1. The first-order valence-electron chi connectivity index (χ1n) is 6.91. The Morgan fingerprint density at radius 2 is 2.14 bits per heavy atom. The van der Waals surface area contributed by atoms with Gasteiger partial charge < -0.3 is 9.64 Å². The van der Waals surface area contributed by atoms with Crippen molar-refractivity contribution in [3.8, 4) is 5.75 Å². The number of hydrogen-bond acceptors (Lipinski definition) is 4. The number of benzene rings is 1. The molecule has 0 aliphatic carbocycles. The second kappa shape index (κ2) is 6.13. The number of nitrogens with zero attached hydrogens (tertiary/aromatic N) is 1. The molecular weight excluding hydrogens is 272 g/mol. The molecule has 1 heterocycles. The number of fused-ring (bicyclic) bond motifs is 1. The lowest BCUT2D eigenvalue weighted by Gasteiger charge is -2.31. The minimum Gasteiger partial charge on any atom is -0.491 e. The van der Waals surface area contributed by atoms with E-state index in [1.807, 2.05) is 13.8 Å². The quantitative estimate of drug-likeness (QED) is 0.640. The Balaban J connectivity index is 2.35. The standard InChI is InChI=1S/C15H20N2O4/c1-9(2)13-8-21-14-6-11(15(19)16-20)4-5-12(14)7-17(13)10(3)18/h4-6,9,13,20H,7-8H2,1-3H3,(H,16,19). The average Bonchev–Trinajstić information content (AvgIpc) is 2.65. The van der Waals surface area contributed by atoms with Crippen LogP contribution in [0.3, 0.4) is 0 Å². The average molecular weight is 292 g/mol. The SMILES string of the molecule is CC(=O)N1Cc2ccc(C(=O)NO)cc2OCC1C(C)C. The van der Waals surface area contributed by atoms with Crippen molar-refractivity contribution in [2.24, 2.45) is 5.92 Å². The molecule has 0 saturated heterocycles. The third-order valence-electron chi connectivity index (χ3n) is 3.76. The Labute approximate surface area is 123 Å². The van der Waals surface area contributed by atoms with Crippen LogP contribution in [0.4, 0.5) is 0 Å². The fraction of sp³-hybridized carbons (Fsp3) is 0.467. The van der Waals surface area contributed by atoms with Crippen molar-refractivity contribution >= 4 is 11.8 Å². The molecule has 2 amide bonds. The fourth-order valence-electron chi connectivity index (χ4n) is 2.49. The molecule has 6 nitrogen and oxygen atoms in total. The molecule has 1 unspecified atom stereocenters. The van der Waals surface area contributed by atoms with Crippen LogP contribution in [0.1, 0.15) is 36.7 Å². The minimum absolute atomic E-state index is 0.00216. The molecule has 1 aliphatic rings. The molecule has 0 radical (unpaired) electrons. The van der Waals surface area contributed by atoms with Gasteiger partial charge in [-0.05, 0) is 18.1 Å². The normalized spacial score (nSPS) is 17.8. The van der Waals surface area contributed by atoms with Crippen molar-refractivity contribution in [2.45, 2.75) is 33.4 Å². The van der Waals surface area contributed by atoms with Crippen LogP contribution in [-0.2, 0) is 11.3 Å². The van der Waals surface area contributed by atoms with Gasteiger partial charge in [-0.2, -0.15) is 0 Å². The molecule has 1 aliphatic heterocycles. The molecule has 0 saturated carbocycles. The third-order valence-corrected chi connectivity index (χ3v) is 3.76. The summed E-state index contributed by atoms with van der Waals surface area (Å²) in [7, 11) is 0. The highest BCUT2D eigenvalue weighted by Crippen LogP contribution is 2.28. The van der Waals surface area contributed by atoms with Gasteiger partial charge in [0.1, 0.15) is 12.4 Å². The van der Waals surface area contributed by atoms with Crippen LogP contribution in [0, 0.1) is 5.92 Å². The second-order valence-electron chi connectivity index (χ2n) is 5.53. The highest BCUT2D eigenvalue weighted by Gasteiger charge is 2.29. The fourth-order valence-corrected chi connectivity index (χ4v) is 2.49. The van der Waals surface area contributed by atoms with Gasteiger partial charge in [0.25, 0.3) is 5.91 Å². The number of amides is 2. The summed E-state index contributed by atoms with van der Waals surface area (Å²) in [6.45, 7) is 6.48. The summed E-state index contributed by atoms with van der Waals surface area (Å²) in [4.78, 5) is 25.1. The van der Waals surface area contributed by atoms with E-state index in [-0.39, 0.29) is 17.9 Å². The number of ether oxygens (including phenoxy) is 1. The monoisotopic (exact) mass is 292 g/mol. The van der Waals surface area contributed by atoms with Crippen LogP contribution in [0.25, 0.3) is 0 Å². The third kappa shape index (κ3) is 3.16. The number of carbonyl (C=O) groups excluding carboxylic acids is 2. The summed E-state index contributed by atoms with van der Waals surface area (Å²) in [5, 5.41) is 8.68. The molecule has 1 aromatic carbocycles. The summed E-state index contributed by atoms with van der Waals surface area (Å²) < 4.78 is 5.78. The largest absolute Gasteiger partial charge is 0.491 e. The van der Waals surface area contributed by atoms with E-state index in [1.165, 1.54) is 0 Å². The number of hydroxylamine groups is 1. The number of hydrogen-bond donors (Lipinski definition) is 2. The summed E-state index contributed by atoms with van der Waals surface area (Å²) in [6, 6.07) is 4.92. The smallest absolute Gasteiger partial charge is 0.274 e.